The molecule has 0 saturated heterocycles. The van der Waals surface area contributed by atoms with Crippen LogP contribution in [0.2, 0.25) is 0 Å². The van der Waals surface area contributed by atoms with E-state index < -0.39 is 41.5 Å². The number of halogens is 3. The standard InChI is InChI=1S/C20H17F3N2O4/c1-12(18(26)25-17-6-4-3-5-16(17)20(21,22)23)29-19(27)13(2)28-15-9-7-14(11-24)8-10-15/h3-10,12-13H,1-2H3,(H,25,26)/t12-,13-/m1/s1. The third-order valence-corrected chi connectivity index (χ3v) is 3.78. The summed E-state index contributed by atoms with van der Waals surface area (Å²) in [6.07, 6.45) is -7.08. The Kier molecular flexibility index (Phi) is 6.83. The van der Waals surface area contributed by atoms with Gasteiger partial charge in [0.15, 0.2) is 12.2 Å². The Hall–Kier alpha value is -3.54. The van der Waals surface area contributed by atoms with Gasteiger partial charge in [-0.3, -0.25) is 4.79 Å². The molecule has 0 aliphatic rings. The number of esters is 1. The minimum Gasteiger partial charge on any atom is -0.479 e. The first-order valence-corrected chi connectivity index (χ1v) is 8.46. The van der Waals surface area contributed by atoms with Crippen molar-refractivity contribution in [2.75, 3.05) is 5.32 Å². The first-order valence-electron chi connectivity index (χ1n) is 8.46. The number of benzene rings is 2. The van der Waals surface area contributed by atoms with E-state index >= 15 is 0 Å². The number of ether oxygens (including phenoxy) is 2. The molecule has 0 heterocycles. The van der Waals surface area contributed by atoms with Crippen molar-refractivity contribution in [2.45, 2.75) is 32.2 Å². The van der Waals surface area contributed by atoms with E-state index in [0.29, 0.717) is 11.3 Å². The quantitative estimate of drug-likeness (QED) is 0.735. The number of nitriles is 1. The molecule has 0 fully saturated rings. The van der Waals surface area contributed by atoms with Crippen LogP contribution < -0.4 is 10.1 Å². The number of carbonyl (C=O) groups is 2. The van der Waals surface area contributed by atoms with E-state index in [1.54, 1.807) is 0 Å². The van der Waals surface area contributed by atoms with Gasteiger partial charge < -0.3 is 14.8 Å². The maximum absolute atomic E-state index is 13.0. The van der Waals surface area contributed by atoms with Crippen molar-refractivity contribution in [1.29, 1.82) is 5.26 Å². The molecule has 0 unspecified atom stereocenters. The number of rotatable bonds is 6. The number of anilines is 1. The summed E-state index contributed by atoms with van der Waals surface area (Å²) in [7, 11) is 0. The molecule has 152 valence electrons. The van der Waals surface area contributed by atoms with E-state index in [1.165, 1.54) is 50.2 Å². The zero-order valence-electron chi connectivity index (χ0n) is 15.5. The highest BCUT2D eigenvalue weighted by atomic mass is 19.4. The molecule has 0 aliphatic heterocycles. The number of nitrogens with zero attached hydrogens (tertiary/aromatic N) is 1. The lowest BCUT2D eigenvalue weighted by Gasteiger charge is -2.19. The van der Waals surface area contributed by atoms with Crippen LogP contribution in [0, 0.1) is 11.3 Å². The molecule has 0 spiro atoms. The van der Waals surface area contributed by atoms with Crippen LogP contribution in [0.15, 0.2) is 48.5 Å². The first-order chi connectivity index (χ1) is 13.6. The van der Waals surface area contributed by atoms with Crippen molar-refractivity contribution in [3.63, 3.8) is 0 Å². The van der Waals surface area contributed by atoms with Gasteiger partial charge >= 0.3 is 12.1 Å². The number of hydrogen-bond donors (Lipinski definition) is 1. The maximum Gasteiger partial charge on any atom is 0.418 e. The minimum absolute atomic E-state index is 0.310. The van der Waals surface area contributed by atoms with E-state index in [9.17, 15) is 22.8 Å². The molecule has 1 N–H and O–H groups in total. The van der Waals surface area contributed by atoms with E-state index in [1.807, 2.05) is 6.07 Å². The van der Waals surface area contributed by atoms with Crippen LogP contribution in [0.25, 0.3) is 0 Å². The van der Waals surface area contributed by atoms with Gasteiger partial charge in [-0.2, -0.15) is 18.4 Å². The van der Waals surface area contributed by atoms with Gasteiger partial charge in [-0.05, 0) is 50.2 Å². The van der Waals surface area contributed by atoms with E-state index in [4.69, 9.17) is 14.7 Å². The highest BCUT2D eigenvalue weighted by Crippen LogP contribution is 2.34. The summed E-state index contributed by atoms with van der Waals surface area (Å²) in [5.74, 6) is -1.48. The van der Waals surface area contributed by atoms with Crippen LogP contribution in [0.1, 0.15) is 25.0 Å². The molecule has 0 aromatic heterocycles. The second kappa shape index (κ2) is 9.10. The normalized spacial score (nSPS) is 13.0. The lowest BCUT2D eigenvalue weighted by molar-refractivity contribution is -0.159. The lowest BCUT2D eigenvalue weighted by atomic mass is 10.1. The summed E-state index contributed by atoms with van der Waals surface area (Å²) < 4.78 is 49.4. The topological polar surface area (TPSA) is 88.4 Å². The van der Waals surface area contributed by atoms with Crippen molar-refractivity contribution in [1.82, 2.24) is 0 Å². The van der Waals surface area contributed by atoms with Gasteiger partial charge in [0.2, 0.25) is 0 Å². The summed E-state index contributed by atoms with van der Waals surface area (Å²) in [6, 6.07) is 12.4. The Balaban J connectivity index is 1.96. The smallest absolute Gasteiger partial charge is 0.418 e. The van der Waals surface area contributed by atoms with E-state index in [2.05, 4.69) is 5.32 Å². The summed E-state index contributed by atoms with van der Waals surface area (Å²) in [5, 5.41) is 10.9. The Labute approximate surface area is 164 Å². The Bertz CT molecular complexity index is 921. The number of nitrogens with one attached hydrogen (secondary N) is 1. The second-order valence-corrected chi connectivity index (χ2v) is 6.01. The molecule has 0 bridgehead atoms. The van der Waals surface area contributed by atoms with Gasteiger partial charge in [-0.15, -0.1) is 0 Å². The van der Waals surface area contributed by atoms with Crippen molar-refractivity contribution >= 4 is 17.6 Å². The third-order valence-electron chi connectivity index (χ3n) is 3.78. The number of amides is 1. The molecule has 0 aliphatic carbocycles. The molecular weight excluding hydrogens is 389 g/mol. The molecule has 29 heavy (non-hydrogen) atoms. The van der Waals surface area contributed by atoms with Crippen LogP contribution in [0.4, 0.5) is 18.9 Å². The average molecular weight is 406 g/mol. The van der Waals surface area contributed by atoms with Gasteiger partial charge in [0.25, 0.3) is 5.91 Å². The largest absolute Gasteiger partial charge is 0.479 e. The Morgan fingerprint density at radius 1 is 1.03 bits per heavy atom. The van der Waals surface area contributed by atoms with Crippen molar-refractivity contribution in [3.05, 3.63) is 59.7 Å². The molecule has 0 radical (unpaired) electrons. The molecule has 2 atom stereocenters. The number of alkyl halides is 3. The monoisotopic (exact) mass is 406 g/mol. The van der Waals surface area contributed by atoms with Crippen LogP contribution in [0.5, 0.6) is 5.75 Å². The molecule has 0 saturated carbocycles. The summed E-state index contributed by atoms with van der Waals surface area (Å²) in [6.45, 7) is 2.63. The molecule has 2 aromatic carbocycles. The highest BCUT2D eigenvalue weighted by molar-refractivity contribution is 5.96. The fourth-order valence-electron chi connectivity index (χ4n) is 2.26. The summed E-state index contributed by atoms with van der Waals surface area (Å²) >= 11 is 0. The second-order valence-electron chi connectivity index (χ2n) is 6.01. The molecule has 1 amide bonds. The van der Waals surface area contributed by atoms with Gasteiger partial charge in [0.1, 0.15) is 5.75 Å². The van der Waals surface area contributed by atoms with Crippen LogP contribution in [0.3, 0.4) is 0 Å². The number of para-hydroxylation sites is 1. The number of hydrogen-bond acceptors (Lipinski definition) is 5. The zero-order valence-corrected chi connectivity index (χ0v) is 15.5. The van der Waals surface area contributed by atoms with Crippen molar-refractivity contribution in [2.24, 2.45) is 0 Å². The molecule has 2 aromatic rings. The molecular formula is C20H17F3N2O4. The zero-order chi connectivity index (χ0) is 21.6. The van der Waals surface area contributed by atoms with Crippen molar-refractivity contribution < 1.29 is 32.2 Å². The summed E-state index contributed by atoms with van der Waals surface area (Å²) in [5.41, 5.74) is -1.03. The third kappa shape index (κ3) is 5.97. The maximum atomic E-state index is 13.0. The average Bonchev–Trinajstić information content (AvgIpc) is 2.68. The molecule has 6 nitrogen and oxygen atoms in total. The van der Waals surface area contributed by atoms with Gasteiger partial charge in [-0.1, -0.05) is 12.1 Å². The lowest BCUT2D eigenvalue weighted by Crippen LogP contribution is -2.35. The Morgan fingerprint density at radius 2 is 1.66 bits per heavy atom. The first kappa shape index (κ1) is 21.8. The van der Waals surface area contributed by atoms with Crippen LogP contribution in [-0.2, 0) is 20.5 Å². The van der Waals surface area contributed by atoms with Crippen LogP contribution in [-0.4, -0.2) is 24.1 Å². The predicted molar refractivity (Wildman–Crippen MR) is 96.9 cm³/mol. The van der Waals surface area contributed by atoms with Crippen molar-refractivity contribution in [3.8, 4) is 11.8 Å². The molecule has 2 rings (SSSR count). The Morgan fingerprint density at radius 3 is 2.24 bits per heavy atom. The SMILES string of the molecule is C[C@@H](OC(=O)[C@@H](C)Oc1ccc(C#N)cc1)C(=O)Nc1ccccc1C(F)(F)F. The highest BCUT2D eigenvalue weighted by Gasteiger charge is 2.34. The minimum atomic E-state index is -4.65. The van der Waals surface area contributed by atoms with Gasteiger partial charge in [0, 0.05) is 0 Å². The fourth-order valence-corrected chi connectivity index (χ4v) is 2.26. The molecule has 9 heteroatoms. The van der Waals surface area contributed by atoms with Crippen LogP contribution >= 0.6 is 0 Å². The number of carbonyl (C=O) groups excluding carboxylic acids is 2. The summed E-state index contributed by atoms with van der Waals surface area (Å²) in [4.78, 5) is 24.3. The fraction of sp³-hybridized carbons (Fsp3) is 0.250. The van der Waals surface area contributed by atoms with Gasteiger partial charge in [0.05, 0.1) is 22.9 Å². The predicted octanol–water partition coefficient (Wildman–Crippen LogP) is 3.91. The van der Waals surface area contributed by atoms with Gasteiger partial charge in [-0.25, -0.2) is 4.79 Å². The van der Waals surface area contributed by atoms with E-state index in [0.717, 1.165) is 12.1 Å². The van der Waals surface area contributed by atoms with E-state index in [-0.39, 0.29) is 0 Å².